The Balaban J connectivity index is 1.54. The van der Waals surface area contributed by atoms with Crippen molar-refractivity contribution in [3.8, 4) is 11.4 Å². The summed E-state index contributed by atoms with van der Waals surface area (Å²) >= 11 is 0. The van der Waals surface area contributed by atoms with Gasteiger partial charge in [0, 0.05) is 31.6 Å². The normalized spacial score (nSPS) is 17.4. The number of benzene rings is 1. The van der Waals surface area contributed by atoms with Crippen LogP contribution < -0.4 is 5.32 Å². The van der Waals surface area contributed by atoms with Crippen LogP contribution in [0.1, 0.15) is 30.7 Å². The number of hydrogen-bond donors (Lipinski definition) is 1. The third-order valence-electron chi connectivity index (χ3n) is 4.03. The van der Waals surface area contributed by atoms with Gasteiger partial charge in [-0.25, -0.2) is 0 Å². The van der Waals surface area contributed by atoms with Crippen LogP contribution in [0.3, 0.4) is 0 Å². The standard InChI is InChI=1S/C17H18F3N3O3/c18-17(19,20)12-4-1-3-11(9-12)16-22-15(26-23-16)7-6-14(24)21-10-13-5-2-8-25-13/h1,3-4,9,13H,2,5-8,10H2,(H,21,24)/t13-/m1/s1. The first-order chi connectivity index (χ1) is 12.4. The summed E-state index contributed by atoms with van der Waals surface area (Å²) in [7, 11) is 0. The zero-order valence-electron chi connectivity index (χ0n) is 13.9. The van der Waals surface area contributed by atoms with Gasteiger partial charge in [-0.15, -0.1) is 0 Å². The lowest BCUT2D eigenvalue weighted by molar-refractivity contribution is -0.137. The lowest BCUT2D eigenvalue weighted by Crippen LogP contribution is -2.31. The van der Waals surface area contributed by atoms with Gasteiger partial charge in [-0.3, -0.25) is 4.79 Å². The summed E-state index contributed by atoms with van der Waals surface area (Å²) in [6.45, 7) is 1.19. The van der Waals surface area contributed by atoms with Crippen LogP contribution in [0.25, 0.3) is 11.4 Å². The molecule has 1 N–H and O–H groups in total. The van der Waals surface area contributed by atoms with E-state index >= 15 is 0 Å². The summed E-state index contributed by atoms with van der Waals surface area (Å²) in [5.41, 5.74) is -0.576. The van der Waals surface area contributed by atoms with E-state index in [9.17, 15) is 18.0 Å². The number of ether oxygens (including phenoxy) is 1. The van der Waals surface area contributed by atoms with Crippen LogP contribution in [-0.2, 0) is 22.1 Å². The molecule has 1 saturated heterocycles. The first-order valence-corrected chi connectivity index (χ1v) is 8.30. The Kier molecular flexibility index (Phi) is 5.55. The Bertz CT molecular complexity index is 755. The van der Waals surface area contributed by atoms with Crippen LogP contribution in [0.15, 0.2) is 28.8 Å². The molecule has 26 heavy (non-hydrogen) atoms. The maximum atomic E-state index is 12.8. The third-order valence-corrected chi connectivity index (χ3v) is 4.03. The van der Waals surface area contributed by atoms with Gasteiger partial charge in [-0.2, -0.15) is 18.2 Å². The Morgan fingerprint density at radius 2 is 2.19 bits per heavy atom. The molecular weight excluding hydrogens is 351 g/mol. The largest absolute Gasteiger partial charge is 0.416 e. The minimum atomic E-state index is -4.44. The zero-order chi connectivity index (χ0) is 18.6. The number of nitrogens with one attached hydrogen (secondary N) is 1. The van der Waals surface area contributed by atoms with E-state index in [2.05, 4.69) is 15.5 Å². The van der Waals surface area contributed by atoms with Crippen LogP contribution >= 0.6 is 0 Å². The Morgan fingerprint density at radius 3 is 2.92 bits per heavy atom. The molecule has 0 saturated carbocycles. The molecule has 2 heterocycles. The summed E-state index contributed by atoms with van der Waals surface area (Å²) < 4.78 is 48.7. The lowest BCUT2D eigenvalue weighted by Gasteiger charge is -2.09. The molecule has 3 rings (SSSR count). The fraction of sp³-hybridized carbons (Fsp3) is 0.471. The molecule has 1 amide bonds. The van der Waals surface area contributed by atoms with Gasteiger partial charge in [0.2, 0.25) is 17.6 Å². The fourth-order valence-electron chi connectivity index (χ4n) is 2.65. The minimum Gasteiger partial charge on any atom is -0.376 e. The summed E-state index contributed by atoms with van der Waals surface area (Å²) in [6, 6.07) is 4.69. The highest BCUT2D eigenvalue weighted by Crippen LogP contribution is 2.31. The van der Waals surface area contributed by atoms with Gasteiger partial charge in [0.15, 0.2) is 0 Å². The number of halogens is 3. The van der Waals surface area contributed by atoms with Gasteiger partial charge in [0.1, 0.15) is 0 Å². The summed E-state index contributed by atoms with van der Waals surface area (Å²) in [4.78, 5) is 15.9. The van der Waals surface area contributed by atoms with Crippen LogP contribution in [0.2, 0.25) is 0 Å². The summed E-state index contributed by atoms with van der Waals surface area (Å²) in [5, 5.41) is 6.47. The molecule has 0 unspecified atom stereocenters. The number of rotatable bonds is 6. The Morgan fingerprint density at radius 1 is 1.35 bits per heavy atom. The monoisotopic (exact) mass is 369 g/mol. The van der Waals surface area contributed by atoms with Gasteiger partial charge < -0.3 is 14.6 Å². The van der Waals surface area contributed by atoms with E-state index in [1.54, 1.807) is 0 Å². The SMILES string of the molecule is O=C(CCc1nc(-c2cccc(C(F)(F)F)c2)no1)NC[C@H]1CCCO1. The molecule has 0 aliphatic carbocycles. The molecular formula is C17H18F3N3O3. The van der Waals surface area contributed by atoms with Crippen molar-refractivity contribution in [3.05, 3.63) is 35.7 Å². The first-order valence-electron chi connectivity index (χ1n) is 8.30. The van der Waals surface area contributed by atoms with Crippen molar-refractivity contribution in [1.29, 1.82) is 0 Å². The van der Waals surface area contributed by atoms with E-state index in [1.807, 2.05) is 0 Å². The summed E-state index contributed by atoms with van der Waals surface area (Å²) in [5.74, 6) is 0.0925. The molecule has 6 nitrogen and oxygen atoms in total. The van der Waals surface area contributed by atoms with Crippen LogP contribution in [0.4, 0.5) is 13.2 Å². The molecule has 0 spiro atoms. The molecule has 9 heteroatoms. The Hall–Kier alpha value is -2.42. The van der Waals surface area contributed by atoms with E-state index in [0.717, 1.165) is 31.6 Å². The summed E-state index contributed by atoms with van der Waals surface area (Å²) in [6.07, 6.45) is -2.08. The van der Waals surface area contributed by atoms with Crippen molar-refractivity contribution in [2.75, 3.05) is 13.2 Å². The number of alkyl halides is 3. The molecule has 140 valence electrons. The van der Waals surface area contributed by atoms with E-state index in [1.165, 1.54) is 12.1 Å². The molecule has 1 aliphatic heterocycles. The minimum absolute atomic E-state index is 0.0610. The number of carbonyl (C=O) groups is 1. The third kappa shape index (κ3) is 4.81. The molecule has 1 aromatic heterocycles. The highest BCUT2D eigenvalue weighted by Gasteiger charge is 2.30. The number of carbonyl (C=O) groups excluding carboxylic acids is 1. The second kappa shape index (κ2) is 7.86. The van der Waals surface area contributed by atoms with Crippen LogP contribution in [0.5, 0.6) is 0 Å². The predicted octanol–water partition coefficient (Wildman–Crippen LogP) is 2.98. The molecule has 2 aromatic rings. The topological polar surface area (TPSA) is 77.2 Å². The van der Waals surface area contributed by atoms with Crippen LogP contribution in [-0.4, -0.2) is 35.3 Å². The number of aryl methyl sites for hydroxylation is 1. The molecule has 0 radical (unpaired) electrons. The number of amides is 1. The van der Waals surface area contributed by atoms with Crippen molar-refractivity contribution >= 4 is 5.91 Å². The highest BCUT2D eigenvalue weighted by molar-refractivity contribution is 5.76. The maximum Gasteiger partial charge on any atom is 0.416 e. The second-order valence-electron chi connectivity index (χ2n) is 6.03. The van der Waals surface area contributed by atoms with E-state index in [4.69, 9.17) is 9.26 Å². The average Bonchev–Trinajstić information content (AvgIpc) is 3.29. The number of hydrogen-bond acceptors (Lipinski definition) is 5. The van der Waals surface area contributed by atoms with Gasteiger partial charge >= 0.3 is 6.18 Å². The van der Waals surface area contributed by atoms with E-state index in [0.29, 0.717) is 6.54 Å². The molecule has 1 fully saturated rings. The van der Waals surface area contributed by atoms with Crippen molar-refractivity contribution in [1.82, 2.24) is 15.5 Å². The van der Waals surface area contributed by atoms with Gasteiger partial charge in [0.25, 0.3) is 0 Å². The smallest absolute Gasteiger partial charge is 0.376 e. The highest BCUT2D eigenvalue weighted by atomic mass is 19.4. The molecule has 0 bridgehead atoms. The zero-order valence-corrected chi connectivity index (χ0v) is 13.9. The Labute approximate surface area is 147 Å². The van der Waals surface area contributed by atoms with Gasteiger partial charge in [0.05, 0.1) is 11.7 Å². The van der Waals surface area contributed by atoms with Crippen molar-refractivity contribution < 1.29 is 27.2 Å². The van der Waals surface area contributed by atoms with E-state index in [-0.39, 0.29) is 42.1 Å². The molecule has 1 aromatic carbocycles. The van der Waals surface area contributed by atoms with Crippen molar-refractivity contribution in [2.45, 2.75) is 38.0 Å². The number of aromatic nitrogens is 2. The van der Waals surface area contributed by atoms with Gasteiger partial charge in [-0.05, 0) is 25.0 Å². The molecule has 1 aliphatic rings. The first kappa shape index (κ1) is 18.4. The van der Waals surface area contributed by atoms with Crippen LogP contribution in [0, 0.1) is 0 Å². The number of nitrogens with zero attached hydrogens (tertiary/aromatic N) is 2. The average molecular weight is 369 g/mol. The lowest BCUT2D eigenvalue weighted by atomic mass is 10.1. The van der Waals surface area contributed by atoms with Crippen molar-refractivity contribution in [2.24, 2.45) is 0 Å². The quantitative estimate of drug-likeness (QED) is 0.847. The fourth-order valence-corrected chi connectivity index (χ4v) is 2.65. The van der Waals surface area contributed by atoms with Crippen molar-refractivity contribution in [3.63, 3.8) is 0 Å². The predicted molar refractivity (Wildman–Crippen MR) is 85.0 cm³/mol. The second-order valence-corrected chi connectivity index (χ2v) is 6.03. The maximum absolute atomic E-state index is 12.8. The van der Waals surface area contributed by atoms with Gasteiger partial charge in [-0.1, -0.05) is 17.3 Å². The molecule has 1 atom stereocenters. The van der Waals surface area contributed by atoms with E-state index < -0.39 is 11.7 Å².